The van der Waals surface area contributed by atoms with Gasteiger partial charge in [0.15, 0.2) is 0 Å². The van der Waals surface area contributed by atoms with E-state index in [2.05, 4.69) is 10.3 Å². The highest BCUT2D eigenvalue weighted by molar-refractivity contribution is 6.35. The summed E-state index contributed by atoms with van der Waals surface area (Å²) in [7, 11) is 0. The van der Waals surface area contributed by atoms with E-state index < -0.39 is 0 Å². The zero-order chi connectivity index (χ0) is 14.1. The van der Waals surface area contributed by atoms with Crippen LogP contribution >= 0.6 is 11.6 Å². The van der Waals surface area contributed by atoms with Crippen LogP contribution in [0.25, 0.3) is 10.9 Å². The van der Waals surface area contributed by atoms with Crippen molar-refractivity contribution in [2.24, 2.45) is 0 Å². The molecule has 0 aliphatic carbocycles. The molecule has 0 fully saturated rings. The van der Waals surface area contributed by atoms with Gasteiger partial charge in [0.05, 0.1) is 10.5 Å². The normalized spacial score (nSPS) is 10.7. The second-order valence-corrected chi connectivity index (χ2v) is 5.11. The molecule has 0 spiro atoms. The lowest BCUT2D eigenvalue weighted by atomic mass is 10.2. The summed E-state index contributed by atoms with van der Waals surface area (Å²) in [5.74, 6) is 0.720. The first-order valence-corrected chi connectivity index (χ1v) is 6.70. The van der Waals surface area contributed by atoms with Crippen molar-refractivity contribution in [1.29, 1.82) is 0 Å². The van der Waals surface area contributed by atoms with Gasteiger partial charge in [-0.2, -0.15) is 0 Å². The van der Waals surface area contributed by atoms with Crippen molar-refractivity contribution in [2.75, 3.05) is 11.1 Å². The number of pyridine rings is 1. The Balaban J connectivity index is 2.00. The Bertz CT molecular complexity index is 784. The number of nitrogens with one attached hydrogen (secondary N) is 1. The van der Waals surface area contributed by atoms with E-state index >= 15 is 0 Å². The monoisotopic (exact) mass is 283 g/mol. The molecule has 0 unspecified atom stereocenters. The summed E-state index contributed by atoms with van der Waals surface area (Å²) in [5, 5.41) is 4.89. The molecule has 20 heavy (non-hydrogen) atoms. The summed E-state index contributed by atoms with van der Waals surface area (Å²) in [6, 6.07) is 15.4. The Morgan fingerprint density at radius 1 is 1.10 bits per heavy atom. The van der Waals surface area contributed by atoms with Crippen LogP contribution in [-0.4, -0.2) is 4.98 Å². The smallest absolute Gasteiger partial charge is 0.132 e. The van der Waals surface area contributed by atoms with E-state index in [-0.39, 0.29) is 0 Å². The van der Waals surface area contributed by atoms with Crippen LogP contribution in [0.4, 0.5) is 17.2 Å². The van der Waals surface area contributed by atoms with Crippen LogP contribution < -0.4 is 11.1 Å². The quantitative estimate of drug-likeness (QED) is 0.680. The number of nitrogens with zero attached hydrogens (tertiary/aromatic N) is 1. The van der Waals surface area contributed by atoms with E-state index in [0.29, 0.717) is 5.02 Å². The minimum Gasteiger partial charge on any atom is -0.399 e. The van der Waals surface area contributed by atoms with Crippen LogP contribution in [0.3, 0.4) is 0 Å². The molecule has 3 rings (SSSR count). The van der Waals surface area contributed by atoms with Gasteiger partial charge in [-0.15, -0.1) is 0 Å². The molecule has 0 saturated heterocycles. The maximum atomic E-state index is 6.28. The van der Waals surface area contributed by atoms with E-state index in [9.17, 15) is 0 Å². The van der Waals surface area contributed by atoms with Gasteiger partial charge in [0.25, 0.3) is 0 Å². The fraction of sp³-hybridized carbons (Fsp3) is 0.0625. The first kappa shape index (κ1) is 12.8. The molecule has 100 valence electrons. The van der Waals surface area contributed by atoms with Gasteiger partial charge in [0, 0.05) is 22.8 Å². The second kappa shape index (κ2) is 5.02. The predicted octanol–water partition coefficient (Wildman–Crippen LogP) is 4.52. The first-order valence-electron chi connectivity index (χ1n) is 6.32. The Labute approximate surface area is 122 Å². The number of rotatable bonds is 2. The highest BCUT2D eigenvalue weighted by Crippen LogP contribution is 2.27. The first-order chi connectivity index (χ1) is 9.63. The minimum atomic E-state index is 0.685. The van der Waals surface area contributed by atoms with E-state index in [1.54, 1.807) is 0 Å². The van der Waals surface area contributed by atoms with Gasteiger partial charge in [0.2, 0.25) is 0 Å². The third kappa shape index (κ3) is 2.40. The largest absolute Gasteiger partial charge is 0.399 e. The fourth-order valence-electron chi connectivity index (χ4n) is 2.10. The van der Waals surface area contributed by atoms with Crippen molar-refractivity contribution in [2.45, 2.75) is 6.92 Å². The van der Waals surface area contributed by atoms with Crippen molar-refractivity contribution in [3.63, 3.8) is 0 Å². The summed E-state index contributed by atoms with van der Waals surface area (Å²) in [4.78, 5) is 4.56. The summed E-state index contributed by atoms with van der Waals surface area (Å²) in [6.45, 7) is 1.97. The molecule has 3 N–H and O–H groups in total. The summed E-state index contributed by atoms with van der Waals surface area (Å²) < 4.78 is 0. The molecule has 2 aromatic carbocycles. The lowest BCUT2D eigenvalue weighted by Crippen LogP contribution is -1.96. The van der Waals surface area contributed by atoms with Crippen LogP contribution in [-0.2, 0) is 0 Å². The number of nitrogens with two attached hydrogens (primary N) is 1. The van der Waals surface area contributed by atoms with Crippen LogP contribution in [0.1, 0.15) is 5.56 Å². The van der Waals surface area contributed by atoms with Gasteiger partial charge in [-0.1, -0.05) is 29.8 Å². The minimum absolute atomic E-state index is 0.685. The number of benzene rings is 2. The number of fused-ring (bicyclic) bond motifs is 1. The van der Waals surface area contributed by atoms with Gasteiger partial charge in [-0.05, 0) is 36.8 Å². The highest BCUT2D eigenvalue weighted by atomic mass is 35.5. The van der Waals surface area contributed by atoms with Crippen LogP contribution in [0.2, 0.25) is 5.02 Å². The summed E-state index contributed by atoms with van der Waals surface area (Å²) in [5.41, 5.74) is 9.43. The average molecular weight is 284 g/mol. The van der Waals surface area contributed by atoms with Gasteiger partial charge in [-0.25, -0.2) is 4.98 Å². The molecule has 0 aliphatic heterocycles. The summed E-state index contributed by atoms with van der Waals surface area (Å²) in [6.07, 6.45) is 0. The van der Waals surface area contributed by atoms with Crippen molar-refractivity contribution in [1.82, 2.24) is 4.98 Å². The van der Waals surface area contributed by atoms with Crippen molar-refractivity contribution in [3.8, 4) is 0 Å². The number of anilines is 3. The number of aromatic nitrogens is 1. The SMILES string of the molecule is Cc1cc(Nc2cc(Cl)c3ccccc3n2)ccc1N. The van der Waals surface area contributed by atoms with Gasteiger partial charge in [-0.3, -0.25) is 0 Å². The summed E-state index contributed by atoms with van der Waals surface area (Å²) >= 11 is 6.28. The lowest BCUT2D eigenvalue weighted by molar-refractivity contribution is 1.36. The molecule has 0 amide bonds. The number of nitrogen functional groups attached to an aromatic ring is 1. The molecular weight excluding hydrogens is 270 g/mol. The average Bonchev–Trinajstić information content (AvgIpc) is 2.43. The number of hydrogen-bond donors (Lipinski definition) is 2. The molecule has 0 bridgehead atoms. The Morgan fingerprint density at radius 2 is 1.90 bits per heavy atom. The van der Waals surface area contributed by atoms with E-state index in [1.165, 1.54) is 0 Å². The zero-order valence-electron chi connectivity index (χ0n) is 11.0. The van der Waals surface area contributed by atoms with Crippen molar-refractivity contribution in [3.05, 3.63) is 59.1 Å². The number of para-hydroxylation sites is 1. The standard InChI is InChI=1S/C16H14ClN3/c1-10-8-11(6-7-14(10)18)19-16-9-13(17)12-4-2-3-5-15(12)20-16/h2-9H,18H2,1H3,(H,19,20). The van der Waals surface area contributed by atoms with E-state index in [4.69, 9.17) is 17.3 Å². The number of aryl methyl sites for hydroxylation is 1. The third-order valence-corrected chi connectivity index (χ3v) is 3.52. The maximum Gasteiger partial charge on any atom is 0.132 e. The Morgan fingerprint density at radius 3 is 2.70 bits per heavy atom. The van der Waals surface area contributed by atoms with Crippen molar-refractivity contribution >= 4 is 39.7 Å². The molecule has 4 heteroatoms. The second-order valence-electron chi connectivity index (χ2n) is 4.70. The molecule has 1 heterocycles. The van der Waals surface area contributed by atoms with Crippen LogP contribution in [0.15, 0.2) is 48.5 Å². The molecule has 1 aromatic heterocycles. The Hall–Kier alpha value is -2.26. The molecular formula is C16H14ClN3. The van der Waals surface area contributed by atoms with Crippen LogP contribution in [0.5, 0.6) is 0 Å². The van der Waals surface area contributed by atoms with Gasteiger partial charge in [0.1, 0.15) is 5.82 Å². The van der Waals surface area contributed by atoms with E-state index in [1.807, 2.05) is 55.5 Å². The molecule has 0 saturated carbocycles. The number of hydrogen-bond acceptors (Lipinski definition) is 3. The molecule has 0 radical (unpaired) electrons. The van der Waals surface area contributed by atoms with E-state index in [0.717, 1.165) is 33.7 Å². The van der Waals surface area contributed by atoms with Gasteiger partial charge < -0.3 is 11.1 Å². The number of halogens is 1. The van der Waals surface area contributed by atoms with Gasteiger partial charge >= 0.3 is 0 Å². The topological polar surface area (TPSA) is 50.9 Å². The Kier molecular flexibility index (Phi) is 3.20. The molecule has 0 aliphatic rings. The highest BCUT2D eigenvalue weighted by Gasteiger charge is 2.04. The molecule has 3 nitrogen and oxygen atoms in total. The third-order valence-electron chi connectivity index (χ3n) is 3.21. The fourth-order valence-corrected chi connectivity index (χ4v) is 2.36. The zero-order valence-corrected chi connectivity index (χ0v) is 11.8. The van der Waals surface area contributed by atoms with Crippen LogP contribution in [0, 0.1) is 6.92 Å². The maximum absolute atomic E-state index is 6.28. The van der Waals surface area contributed by atoms with Crippen molar-refractivity contribution < 1.29 is 0 Å². The predicted molar refractivity (Wildman–Crippen MR) is 85.6 cm³/mol. The molecule has 0 atom stereocenters. The molecule has 3 aromatic rings. The lowest BCUT2D eigenvalue weighted by Gasteiger charge is -2.09.